The van der Waals surface area contributed by atoms with Crippen LogP contribution in [0.25, 0.3) is 21.3 Å². The molecule has 0 N–H and O–H groups in total. The summed E-state index contributed by atoms with van der Waals surface area (Å²) in [6, 6.07) is 31.8. The van der Waals surface area contributed by atoms with Crippen molar-refractivity contribution in [2.45, 2.75) is 6.42 Å². The predicted molar refractivity (Wildman–Crippen MR) is 101 cm³/mol. The number of rotatable bonds is 4. The Morgan fingerprint density at radius 2 is 1.17 bits per heavy atom. The van der Waals surface area contributed by atoms with Gasteiger partial charge in [0, 0.05) is 0 Å². The van der Waals surface area contributed by atoms with Gasteiger partial charge in [-0.1, -0.05) is 0 Å². The fourth-order valence-corrected chi connectivity index (χ4v) is 5.15. The summed E-state index contributed by atoms with van der Waals surface area (Å²) in [5.41, 5.74) is 4.98. The van der Waals surface area contributed by atoms with Crippen molar-refractivity contribution in [2.75, 3.05) is 0 Å². The molecule has 1 heterocycles. The van der Waals surface area contributed by atoms with Crippen LogP contribution in [-0.2, 0) is 6.42 Å². The molecule has 0 radical (unpaired) electrons. The summed E-state index contributed by atoms with van der Waals surface area (Å²) in [6.45, 7) is 0. The second kappa shape index (κ2) is 7.00. The van der Waals surface area contributed by atoms with Gasteiger partial charge in [-0.25, -0.2) is 0 Å². The maximum atomic E-state index is 5.04. The number of hydrogen-bond donors (Lipinski definition) is 0. The van der Waals surface area contributed by atoms with Gasteiger partial charge >= 0.3 is 148 Å². The van der Waals surface area contributed by atoms with Crippen LogP contribution >= 0.6 is 0 Å². The Bertz CT molecular complexity index is 855. The molecule has 0 atom stereocenters. The molecule has 3 aromatic carbocycles. The van der Waals surface area contributed by atoms with Crippen LogP contribution in [0.5, 0.6) is 0 Å². The normalized spacial score (nSPS) is 10.7. The molecular weight excluding hydrogens is 357 g/mol. The molecule has 0 bridgehead atoms. The van der Waals surface area contributed by atoms with E-state index in [1.807, 2.05) is 0 Å². The van der Waals surface area contributed by atoms with E-state index in [1.54, 1.807) is 0 Å². The Kier molecular flexibility index (Phi) is 4.42. The molecule has 0 aliphatic rings. The molecule has 4 rings (SSSR count). The summed E-state index contributed by atoms with van der Waals surface area (Å²) in [7, 11) is 0. The molecule has 0 aliphatic carbocycles. The molecule has 0 saturated carbocycles. The van der Waals surface area contributed by atoms with E-state index < -0.39 is 0 Å². The summed E-state index contributed by atoms with van der Waals surface area (Å²) >= 11 is 0.266. The van der Waals surface area contributed by atoms with Gasteiger partial charge in [0.2, 0.25) is 0 Å². The summed E-state index contributed by atoms with van der Waals surface area (Å²) in [6.07, 6.45) is 0.938. The van der Waals surface area contributed by atoms with Gasteiger partial charge in [-0.2, -0.15) is 0 Å². The van der Waals surface area contributed by atoms with Crippen LogP contribution in [0.3, 0.4) is 0 Å². The quantitative estimate of drug-likeness (QED) is 0.455. The molecule has 0 amide bonds. The van der Waals surface area contributed by atoms with Crippen molar-refractivity contribution in [1.82, 2.24) is 4.98 Å². The first kappa shape index (κ1) is 15.1. The Hall–Kier alpha value is -2.41. The van der Waals surface area contributed by atoms with Gasteiger partial charge in [0.25, 0.3) is 0 Å². The van der Waals surface area contributed by atoms with Crippen molar-refractivity contribution in [1.29, 1.82) is 0 Å². The molecule has 4 aromatic rings. The molecule has 0 aliphatic heterocycles. The van der Waals surface area contributed by atoms with Crippen molar-refractivity contribution in [3.63, 3.8) is 0 Å². The molecule has 0 unspecified atom stereocenters. The first-order valence-corrected chi connectivity index (χ1v) is 9.76. The number of aromatic nitrogens is 1. The van der Waals surface area contributed by atoms with Crippen LogP contribution in [-0.4, -0.2) is 19.5 Å². The molecule has 2 heteroatoms. The second-order valence-electron chi connectivity index (χ2n) is 5.68. The van der Waals surface area contributed by atoms with Gasteiger partial charge in [0.1, 0.15) is 0 Å². The van der Waals surface area contributed by atoms with Crippen molar-refractivity contribution >= 4 is 14.5 Å². The molecular formula is C22H17NSe. The molecule has 24 heavy (non-hydrogen) atoms. The Morgan fingerprint density at radius 3 is 1.79 bits per heavy atom. The van der Waals surface area contributed by atoms with E-state index in [-0.39, 0.29) is 14.5 Å². The van der Waals surface area contributed by atoms with E-state index in [2.05, 4.69) is 91.0 Å². The van der Waals surface area contributed by atoms with Crippen LogP contribution in [0.4, 0.5) is 0 Å². The molecule has 0 fully saturated rings. The maximum absolute atomic E-state index is 5.04. The van der Waals surface area contributed by atoms with Crippen molar-refractivity contribution in [3.8, 4) is 21.3 Å². The van der Waals surface area contributed by atoms with E-state index in [9.17, 15) is 0 Å². The zero-order valence-electron chi connectivity index (χ0n) is 13.2. The number of hydrogen-bond acceptors (Lipinski definition) is 1. The third-order valence-corrected chi connectivity index (χ3v) is 6.27. The average molecular weight is 374 g/mol. The molecule has 0 spiro atoms. The van der Waals surface area contributed by atoms with Crippen LogP contribution < -0.4 is 0 Å². The zero-order valence-corrected chi connectivity index (χ0v) is 14.9. The first-order valence-electron chi connectivity index (χ1n) is 8.04. The van der Waals surface area contributed by atoms with Crippen LogP contribution in [0, 0.1) is 0 Å². The van der Waals surface area contributed by atoms with Gasteiger partial charge in [-0.05, 0) is 0 Å². The second-order valence-corrected chi connectivity index (χ2v) is 7.95. The average Bonchev–Trinajstić information content (AvgIpc) is 3.08. The van der Waals surface area contributed by atoms with E-state index in [0.29, 0.717) is 0 Å². The third kappa shape index (κ3) is 3.26. The number of nitrogens with zero attached hydrogens (tertiary/aromatic N) is 1. The zero-order chi connectivity index (χ0) is 16.2. The minimum absolute atomic E-state index is 0.266. The van der Waals surface area contributed by atoms with Crippen LogP contribution in [0.15, 0.2) is 91.0 Å². The Labute approximate surface area is 148 Å². The van der Waals surface area contributed by atoms with Crippen LogP contribution in [0.2, 0.25) is 0 Å². The summed E-state index contributed by atoms with van der Waals surface area (Å²) < 4.78 is 2.69. The van der Waals surface area contributed by atoms with E-state index >= 15 is 0 Å². The van der Waals surface area contributed by atoms with Crippen molar-refractivity contribution in [2.24, 2.45) is 0 Å². The first-order chi connectivity index (χ1) is 11.9. The van der Waals surface area contributed by atoms with Crippen LogP contribution in [0.1, 0.15) is 10.1 Å². The monoisotopic (exact) mass is 375 g/mol. The van der Waals surface area contributed by atoms with Gasteiger partial charge in [-0.15, -0.1) is 0 Å². The molecule has 1 nitrogen and oxygen atoms in total. The van der Waals surface area contributed by atoms with Crippen molar-refractivity contribution < 1.29 is 0 Å². The summed E-state index contributed by atoms with van der Waals surface area (Å²) in [5, 5.41) is 0. The number of benzene rings is 3. The molecule has 1 aromatic heterocycles. The van der Waals surface area contributed by atoms with Crippen molar-refractivity contribution in [3.05, 3.63) is 101 Å². The Morgan fingerprint density at radius 1 is 0.625 bits per heavy atom. The fourth-order valence-electron chi connectivity index (χ4n) is 2.79. The third-order valence-electron chi connectivity index (χ3n) is 3.95. The SMILES string of the molecule is c1ccc(Cc2nc(-c3ccccc3)c(-c3ccccc3)[se]2)cc1. The van der Waals surface area contributed by atoms with Gasteiger partial charge in [0.15, 0.2) is 0 Å². The minimum atomic E-state index is 0.266. The predicted octanol–water partition coefficient (Wildman–Crippen LogP) is 5.06. The summed E-state index contributed by atoms with van der Waals surface area (Å²) in [4.78, 5) is 5.04. The van der Waals surface area contributed by atoms with Gasteiger partial charge < -0.3 is 0 Å². The van der Waals surface area contributed by atoms with Gasteiger partial charge in [-0.3, -0.25) is 0 Å². The molecule has 116 valence electrons. The standard InChI is InChI=1S/C22H17NSe/c1-4-10-17(11-5-1)16-20-23-21(18-12-6-2-7-13-18)22(24-20)19-14-8-3-9-15-19/h1-15H,16H2. The molecule has 0 saturated heterocycles. The summed E-state index contributed by atoms with van der Waals surface area (Å²) in [5.74, 6) is 0. The van der Waals surface area contributed by atoms with E-state index in [1.165, 1.54) is 25.7 Å². The topological polar surface area (TPSA) is 12.9 Å². The van der Waals surface area contributed by atoms with E-state index in [0.717, 1.165) is 12.1 Å². The van der Waals surface area contributed by atoms with Gasteiger partial charge in [0.05, 0.1) is 0 Å². The Balaban J connectivity index is 1.79. The fraction of sp³-hybridized carbons (Fsp3) is 0.0455. The van der Waals surface area contributed by atoms with E-state index in [4.69, 9.17) is 4.98 Å².